The molecule has 1 aliphatic carbocycles. The largest absolute Gasteiger partial charge is 0.465 e. The Balaban J connectivity index is 1.72. The molecule has 1 amide bonds. The summed E-state index contributed by atoms with van der Waals surface area (Å²) in [5.74, 6) is -0.498. The van der Waals surface area contributed by atoms with Crippen LogP contribution in [0, 0.1) is 6.92 Å². The number of hydrogen-bond donors (Lipinski definition) is 1. The van der Waals surface area contributed by atoms with Gasteiger partial charge in [-0.3, -0.25) is 4.79 Å². The van der Waals surface area contributed by atoms with Gasteiger partial charge in [0, 0.05) is 5.69 Å². The van der Waals surface area contributed by atoms with Crippen LogP contribution in [0.25, 0.3) is 0 Å². The highest BCUT2D eigenvalue weighted by molar-refractivity contribution is 5.96. The molecule has 0 heterocycles. The summed E-state index contributed by atoms with van der Waals surface area (Å²) in [7, 11) is 1.34. The van der Waals surface area contributed by atoms with Gasteiger partial charge >= 0.3 is 5.97 Å². The Morgan fingerprint density at radius 2 is 1.88 bits per heavy atom. The van der Waals surface area contributed by atoms with E-state index in [1.165, 1.54) is 24.7 Å². The summed E-state index contributed by atoms with van der Waals surface area (Å²) in [4.78, 5) is 24.0. The lowest BCUT2D eigenvalue weighted by atomic mass is 10.0. The monoisotopic (exact) mass is 323 g/mol. The maximum Gasteiger partial charge on any atom is 0.337 e. The number of rotatable bonds is 4. The van der Waals surface area contributed by atoms with Crippen LogP contribution in [0.1, 0.15) is 39.0 Å². The first-order valence-corrected chi connectivity index (χ1v) is 8.16. The van der Waals surface area contributed by atoms with Gasteiger partial charge in [-0.1, -0.05) is 24.3 Å². The number of amides is 1. The van der Waals surface area contributed by atoms with Gasteiger partial charge in [-0.25, -0.2) is 4.79 Å². The summed E-state index contributed by atoms with van der Waals surface area (Å²) in [6, 6.07) is 11.4. The number of anilines is 1. The van der Waals surface area contributed by atoms with E-state index in [2.05, 4.69) is 17.4 Å². The van der Waals surface area contributed by atoms with E-state index < -0.39 is 5.97 Å². The van der Waals surface area contributed by atoms with Crippen LogP contribution in [0.3, 0.4) is 0 Å². The molecule has 2 aromatic rings. The minimum absolute atomic E-state index is 0.0851. The van der Waals surface area contributed by atoms with E-state index >= 15 is 0 Å². The zero-order chi connectivity index (χ0) is 17.1. The van der Waals surface area contributed by atoms with Crippen LogP contribution in [-0.2, 0) is 28.8 Å². The number of benzene rings is 2. The number of fused-ring (bicyclic) bond motifs is 1. The molecule has 24 heavy (non-hydrogen) atoms. The van der Waals surface area contributed by atoms with Crippen LogP contribution in [-0.4, -0.2) is 19.0 Å². The minimum atomic E-state index is -0.413. The lowest BCUT2D eigenvalue weighted by molar-refractivity contribution is -0.115. The SMILES string of the molecule is COC(=O)c1ccc(C)c(NC(=O)Cc2ccc3c(c2)CCC3)c1. The van der Waals surface area contributed by atoms with Crippen molar-refractivity contribution in [1.29, 1.82) is 0 Å². The van der Waals surface area contributed by atoms with Gasteiger partial charge in [0.1, 0.15) is 0 Å². The first-order valence-electron chi connectivity index (χ1n) is 8.16. The van der Waals surface area contributed by atoms with Gasteiger partial charge in [-0.15, -0.1) is 0 Å². The van der Waals surface area contributed by atoms with Crippen molar-refractivity contribution in [2.24, 2.45) is 0 Å². The van der Waals surface area contributed by atoms with E-state index in [9.17, 15) is 9.59 Å². The van der Waals surface area contributed by atoms with Crippen molar-refractivity contribution in [3.05, 3.63) is 64.2 Å². The van der Waals surface area contributed by atoms with Crippen molar-refractivity contribution in [2.45, 2.75) is 32.6 Å². The van der Waals surface area contributed by atoms with Crippen LogP contribution in [0.15, 0.2) is 36.4 Å². The molecule has 0 atom stereocenters. The lowest BCUT2D eigenvalue weighted by Crippen LogP contribution is -2.16. The van der Waals surface area contributed by atoms with Crippen LogP contribution < -0.4 is 5.32 Å². The van der Waals surface area contributed by atoms with E-state index in [-0.39, 0.29) is 5.91 Å². The molecular formula is C20H21NO3. The molecule has 4 heteroatoms. The molecule has 0 aromatic heterocycles. The Labute approximate surface area is 141 Å². The fraction of sp³-hybridized carbons (Fsp3) is 0.300. The third-order valence-electron chi connectivity index (χ3n) is 4.46. The number of carbonyl (C=O) groups is 2. The fourth-order valence-corrected chi connectivity index (χ4v) is 3.12. The highest BCUT2D eigenvalue weighted by Gasteiger charge is 2.14. The van der Waals surface area contributed by atoms with Crippen molar-refractivity contribution in [2.75, 3.05) is 12.4 Å². The Hall–Kier alpha value is -2.62. The summed E-state index contributed by atoms with van der Waals surface area (Å²) in [5.41, 5.74) is 5.77. The first-order chi connectivity index (χ1) is 11.6. The number of esters is 1. The van der Waals surface area contributed by atoms with Crippen LogP contribution >= 0.6 is 0 Å². The van der Waals surface area contributed by atoms with Gasteiger partial charge in [0.25, 0.3) is 0 Å². The standard InChI is InChI=1S/C20H21NO3/c1-13-6-8-17(20(23)24-2)12-18(13)21-19(22)11-14-7-9-15-4-3-5-16(15)10-14/h6-10,12H,3-5,11H2,1-2H3,(H,21,22). The van der Waals surface area contributed by atoms with Gasteiger partial charge in [-0.05, 0) is 60.6 Å². The molecule has 0 saturated heterocycles. The number of ether oxygens (including phenoxy) is 1. The van der Waals surface area contributed by atoms with Crippen molar-refractivity contribution in [3.8, 4) is 0 Å². The number of aryl methyl sites for hydroxylation is 3. The quantitative estimate of drug-likeness (QED) is 0.877. The fourth-order valence-electron chi connectivity index (χ4n) is 3.12. The van der Waals surface area contributed by atoms with E-state index in [4.69, 9.17) is 4.74 Å². The zero-order valence-electron chi connectivity index (χ0n) is 14.0. The third kappa shape index (κ3) is 3.48. The molecule has 3 rings (SSSR count). The smallest absolute Gasteiger partial charge is 0.337 e. The summed E-state index contributed by atoms with van der Waals surface area (Å²) in [5, 5.41) is 2.90. The molecule has 0 radical (unpaired) electrons. The molecule has 1 aliphatic rings. The zero-order valence-corrected chi connectivity index (χ0v) is 14.0. The van der Waals surface area contributed by atoms with Gasteiger partial charge in [0.2, 0.25) is 5.91 Å². The Bertz CT molecular complexity index is 795. The average Bonchev–Trinajstić information content (AvgIpc) is 3.03. The molecule has 2 aromatic carbocycles. The maximum atomic E-state index is 12.4. The molecular weight excluding hydrogens is 302 g/mol. The topological polar surface area (TPSA) is 55.4 Å². The predicted molar refractivity (Wildman–Crippen MR) is 93.3 cm³/mol. The van der Waals surface area contributed by atoms with Gasteiger partial charge in [0.15, 0.2) is 0 Å². The number of hydrogen-bond acceptors (Lipinski definition) is 3. The van der Waals surface area contributed by atoms with E-state index in [1.807, 2.05) is 13.0 Å². The second-order valence-electron chi connectivity index (χ2n) is 6.20. The van der Waals surface area contributed by atoms with E-state index in [1.54, 1.807) is 18.2 Å². The maximum absolute atomic E-state index is 12.4. The van der Waals surface area contributed by atoms with Crippen LogP contribution in [0.5, 0.6) is 0 Å². The van der Waals surface area contributed by atoms with Gasteiger partial charge in [0.05, 0.1) is 19.1 Å². The summed E-state index contributed by atoms with van der Waals surface area (Å²) >= 11 is 0. The third-order valence-corrected chi connectivity index (χ3v) is 4.46. The predicted octanol–water partition coefficient (Wildman–Crippen LogP) is 3.45. The number of methoxy groups -OCH3 is 1. The Kier molecular flexibility index (Phi) is 4.65. The molecule has 4 nitrogen and oxygen atoms in total. The number of nitrogens with one attached hydrogen (secondary N) is 1. The van der Waals surface area contributed by atoms with Crippen LogP contribution in [0.4, 0.5) is 5.69 Å². The second-order valence-corrected chi connectivity index (χ2v) is 6.20. The molecule has 0 unspecified atom stereocenters. The minimum Gasteiger partial charge on any atom is -0.465 e. The summed E-state index contributed by atoms with van der Waals surface area (Å²) in [6.07, 6.45) is 3.77. The summed E-state index contributed by atoms with van der Waals surface area (Å²) in [6.45, 7) is 1.89. The highest BCUT2D eigenvalue weighted by Crippen LogP contribution is 2.23. The Morgan fingerprint density at radius 1 is 1.08 bits per heavy atom. The number of carbonyl (C=O) groups excluding carboxylic acids is 2. The molecule has 0 bridgehead atoms. The normalized spacial score (nSPS) is 12.6. The van der Waals surface area contributed by atoms with Gasteiger partial charge in [-0.2, -0.15) is 0 Å². The molecule has 1 N–H and O–H groups in total. The van der Waals surface area contributed by atoms with Crippen molar-refractivity contribution in [1.82, 2.24) is 0 Å². The Morgan fingerprint density at radius 3 is 2.67 bits per heavy atom. The summed E-state index contributed by atoms with van der Waals surface area (Å²) < 4.78 is 4.72. The molecule has 0 spiro atoms. The van der Waals surface area contributed by atoms with Crippen molar-refractivity contribution < 1.29 is 14.3 Å². The second kappa shape index (κ2) is 6.87. The van der Waals surface area contributed by atoms with Gasteiger partial charge < -0.3 is 10.1 Å². The molecule has 0 aliphatic heterocycles. The average molecular weight is 323 g/mol. The van der Waals surface area contributed by atoms with Crippen molar-refractivity contribution in [3.63, 3.8) is 0 Å². The highest BCUT2D eigenvalue weighted by atomic mass is 16.5. The van der Waals surface area contributed by atoms with Crippen LogP contribution in [0.2, 0.25) is 0 Å². The van der Waals surface area contributed by atoms with E-state index in [0.29, 0.717) is 17.7 Å². The molecule has 0 fully saturated rings. The molecule has 124 valence electrons. The van der Waals surface area contributed by atoms with E-state index in [0.717, 1.165) is 24.0 Å². The lowest BCUT2D eigenvalue weighted by Gasteiger charge is -2.11. The first kappa shape index (κ1) is 16.2. The van der Waals surface area contributed by atoms with Crippen molar-refractivity contribution >= 4 is 17.6 Å². The molecule has 0 saturated carbocycles.